The summed E-state index contributed by atoms with van der Waals surface area (Å²) in [6, 6.07) is 14.3. The predicted octanol–water partition coefficient (Wildman–Crippen LogP) is 3.81. The summed E-state index contributed by atoms with van der Waals surface area (Å²) in [6.45, 7) is 0.183. The second-order valence-electron chi connectivity index (χ2n) is 7.46. The lowest BCUT2D eigenvalue weighted by atomic mass is 9.98. The molecule has 156 valence electrons. The molecule has 7 heteroatoms. The van der Waals surface area contributed by atoms with E-state index in [4.69, 9.17) is 16.7 Å². The molecule has 0 spiro atoms. The number of carboxylic acid groups (broad SMARTS) is 1. The number of carbonyl (C=O) groups excluding carboxylic acids is 2. The zero-order valence-electron chi connectivity index (χ0n) is 16.5. The van der Waals surface area contributed by atoms with Crippen LogP contribution in [0.25, 0.3) is 0 Å². The molecule has 0 unspecified atom stereocenters. The number of pyridine rings is 1. The normalized spacial score (nSPS) is 16.0. The number of hydrogen-bond donors (Lipinski definition) is 1. The van der Waals surface area contributed by atoms with Gasteiger partial charge < -0.3 is 10.0 Å². The molecule has 1 aliphatic heterocycles. The number of hydrogen-bond acceptors (Lipinski definition) is 4. The van der Waals surface area contributed by atoms with Crippen molar-refractivity contribution in [3.63, 3.8) is 0 Å². The number of aromatic carboxylic acids is 1. The Balaban J connectivity index is 1.73. The van der Waals surface area contributed by atoms with Gasteiger partial charge in [-0.2, -0.15) is 0 Å². The van der Waals surface area contributed by atoms with Crippen LogP contribution in [0.5, 0.6) is 0 Å². The van der Waals surface area contributed by atoms with Crippen LogP contribution in [0, 0.1) is 0 Å². The number of aromatic nitrogens is 1. The van der Waals surface area contributed by atoms with Gasteiger partial charge in [-0.3, -0.25) is 14.6 Å². The van der Waals surface area contributed by atoms with Crippen LogP contribution in [0.1, 0.15) is 37.4 Å². The van der Waals surface area contributed by atoms with E-state index in [1.165, 1.54) is 12.1 Å². The molecule has 2 heterocycles. The van der Waals surface area contributed by atoms with Crippen LogP contribution >= 0.6 is 11.6 Å². The Kier molecular flexibility index (Phi) is 5.82. The zero-order chi connectivity index (χ0) is 22.0. The molecule has 1 aliphatic rings. The Hall–Kier alpha value is -3.51. The molecule has 0 aliphatic carbocycles. The van der Waals surface area contributed by atoms with Crippen molar-refractivity contribution in [2.24, 2.45) is 0 Å². The molecule has 0 bridgehead atoms. The van der Waals surface area contributed by atoms with E-state index in [0.717, 1.165) is 11.1 Å². The number of halogens is 1. The van der Waals surface area contributed by atoms with Crippen LogP contribution in [-0.2, 0) is 24.2 Å². The molecule has 3 aromatic rings. The van der Waals surface area contributed by atoms with Gasteiger partial charge in [0, 0.05) is 42.4 Å². The Bertz CT molecular complexity index is 1150. The molecule has 1 aromatic heterocycles. The number of benzene rings is 2. The van der Waals surface area contributed by atoms with Gasteiger partial charge in [0.15, 0.2) is 5.78 Å². The van der Waals surface area contributed by atoms with Gasteiger partial charge in [0.1, 0.15) is 0 Å². The summed E-state index contributed by atoms with van der Waals surface area (Å²) in [5.41, 5.74) is 2.87. The fourth-order valence-electron chi connectivity index (χ4n) is 3.79. The summed E-state index contributed by atoms with van der Waals surface area (Å²) in [7, 11) is 0. The molecule has 4 rings (SSSR count). The number of carbonyl (C=O) groups is 3. The van der Waals surface area contributed by atoms with Gasteiger partial charge in [-0.25, -0.2) is 4.79 Å². The topological polar surface area (TPSA) is 87.6 Å². The summed E-state index contributed by atoms with van der Waals surface area (Å²) in [4.78, 5) is 43.5. The molecule has 1 atom stereocenters. The largest absolute Gasteiger partial charge is 0.478 e. The summed E-state index contributed by atoms with van der Waals surface area (Å²) in [5, 5.41) is 9.60. The standard InChI is InChI=1S/C24H19ClN2O4/c25-19-5-6-20-18(12-19)13-22(28)21(11-15-7-9-26-10-8-15)27(23(20)29)14-16-1-3-17(4-2-16)24(30)31/h1-10,12,21H,11,13-14H2,(H,30,31)/t21-/m1/s1. The van der Waals surface area contributed by atoms with Gasteiger partial charge >= 0.3 is 5.97 Å². The highest BCUT2D eigenvalue weighted by Gasteiger charge is 2.35. The summed E-state index contributed by atoms with van der Waals surface area (Å²) in [5.74, 6) is -1.35. The van der Waals surface area contributed by atoms with E-state index in [-0.39, 0.29) is 30.2 Å². The van der Waals surface area contributed by atoms with Crippen LogP contribution in [0.3, 0.4) is 0 Å². The first-order chi connectivity index (χ1) is 14.9. The Morgan fingerprint density at radius 1 is 1.03 bits per heavy atom. The Morgan fingerprint density at radius 2 is 1.74 bits per heavy atom. The first-order valence-corrected chi connectivity index (χ1v) is 10.1. The van der Waals surface area contributed by atoms with Crippen molar-refractivity contribution >= 4 is 29.3 Å². The molecule has 31 heavy (non-hydrogen) atoms. The van der Waals surface area contributed by atoms with Crippen molar-refractivity contribution in [2.75, 3.05) is 0 Å². The van der Waals surface area contributed by atoms with E-state index in [1.54, 1.807) is 47.6 Å². The third kappa shape index (κ3) is 4.49. The number of carboxylic acids is 1. The van der Waals surface area contributed by atoms with E-state index < -0.39 is 12.0 Å². The number of Topliss-reactive ketones (excluding diaryl/α,β-unsaturated/α-hetero) is 1. The third-order valence-corrected chi connectivity index (χ3v) is 5.64. The molecule has 1 N–H and O–H groups in total. The minimum atomic E-state index is -1.02. The van der Waals surface area contributed by atoms with Gasteiger partial charge in [0.25, 0.3) is 5.91 Å². The lowest BCUT2D eigenvalue weighted by molar-refractivity contribution is -0.122. The smallest absolute Gasteiger partial charge is 0.335 e. The maximum atomic E-state index is 13.5. The molecule has 0 saturated heterocycles. The van der Waals surface area contributed by atoms with Crippen molar-refractivity contribution in [1.82, 2.24) is 9.88 Å². The molecular formula is C24H19ClN2O4. The maximum absolute atomic E-state index is 13.5. The van der Waals surface area contributed by atoms with Crippen molar-refractivity contribution in [3.05, 3.63) is 99.8 Å². The van der Waals surface area contributed by atoms with Gasteiger partial charge in [-0.15, -0.1) is 0 Å². The molecule has 0 radical (unpaired) electrons. The third-order valence-electron chi connectivity index (χ3n) is 5.40. The Labute approximate surface area is 184 Å². The highest BCUT2D eigenvalue weighted by Crippen LogP contribution is 2.27. The summed E-state index contributed by atoms with van der Waals surface area (Å²) in [6.07, 6.45) is 3.79. The second kappa shape index (κ2) is 8.70. The number of amides is 1. The van der Waals surface area contributed by atoms with E-state index in [2.05, 4.69) is 4.98 Å². The van der Waals surface area contributed by atoms with Crippen LogP contribution in [0.2, 0.25) is 5.02 Å². The minimum Gasteiger partial charge on any atom is -0.478 e. The predicted molar refractivity (Wildman–Crippen MR) is 115 cm³/mol. The number of rotatable bonds is 5. The average Bonchev–Trinajstić information content (AvgIpc) is 2.85. The van der Waals surface area contributed by atoms with Gasteiger partial charge in [-0.1, -0.05) is 23.7 Å². The minimum absolute atomic E-state index is 0.0756. The fraction of sp³-hybridized carbons (Fsp3) is 0.167. The second-order valence-corrected chi connectivity index (χ2v) is 7.89. The van der Waals surface area contributed by atoms with Gasteiger partial charge in [0.05, 0.1) is 11.6 Å². The number of ketones is 1. The SMILES string of the molecule is O=C(O)c1ccc(CN2C(=O)c3ccc(Cl)cc3CC(=O)[C@H]2Cc2ccncc2)cc1. The van der Waals surface area contributed by atoms with Crippen molar-refractivity contribution in [2.45, 2.75) is 25.4 Å². The first kappa shape index (κ1) is 20.8. The van der Waals surface area contributed by atoms with Crippen molar-refractivity contribution < 1.29 is 19.5 Å². The average molecular weight is 435 g/mol. The molecular weight excluding hydrogens is 416 g/mol. The van der Waals surface area contributed by atoms with Crippen LogP contribution < -0.4 is 0 Å². The van der Waals surface area contributed by atoms with Crippen molar-refractivity contribution in [1.29, 1.82) is 0 Å². The molecule has 0 fully saturated rings. The lowest BCUT2D eigenvalue weighted by Crippen LogP contribution is -2.44. The fourth-order valence-corrected chi connectivity index (χ4v) is 3.99. The summed E-state index contributed by atoms with van der Waals surface area (Å²) >= 11 is 6.11. The van der Waals surface area contributed by atoms with Crippen LogP contribution in [-0.4, -0.2) is 38.7 Å². The Morgan fingerprint density at radius 3 is 2.42 bits per heavy atom. The molecule has 6 nitrogen and oxygen atoms in total. The molecule has 2 aromatic carbocycles. The highest BCUT2D eigenvalue weighted by atomic mass is 35.5. The van der Waals surface area contributed by atoms with Gasteiger partial charge in [0.2, 0.25) is 0 Å². The van der Waals surface area contributed by atoms with E-state index in [9.17, 15) is 14.4 Å². The number of nitrogens with zero attached hydrogens (tertiary/aromatic N) is 2. The molecule has 0 saturated carbocycles. The maximum Gasteiger partial charge on any atom is 0.335 e. The quantitative estimate of drug-likeness (QED) is 0.659. The zero-order valence-corrected chi connectivity index (χ0v) is 17.2. The van der Waals surface area contributed by atoms with Crippen LogP contribution in [0.4, 0.5) is 0 Å². The first-order valence-electron chi connectivity index (χ1n) is 9.75. The number of fused-ring (bicyclic) bond motifs is 1. The lowest BCUT2D eigenvalue weighted by Gasteiger charge is -2.29. The molecule has 1 amide bonds. The van der Waals surface area contributed by atoms with E-state index in [1.807, 2.05) is 12.1 Å². The highest BCUT2D eigenvalue weighted by molar-refractivity contribution is 6.30. The van der Waals surface area contributed by atoms with E-state index in [0.29, 0.717) is 22.6 Å². The van der Waals surface area contributed by atoms with Crippen molar-refractivity contribution in [3.8, 4) is 0 Å². The summed E-state index contributed by atoms with van der Waals surface area (Å²) < 4.78 is 0. The van der Waals surface area contributed by atoms with E-state index >= 15 is 0 Å². The monoisotopic (exact) mass is 434 g/mol. The van der Waals surface area contributed by atoms with Gasteiger partial charge in [-0.05, 0) is 59.2 Å². The van der Waals surface area contributed by atoms with Crippen LogP contribution in [0.15, 0.2) is 67.0 Å².